The molecular weight excluding hydrogens is 332 g/mol. The van der Waals surface area contributed by atoms with E-state index in [0.29, 0.717) is 12.3 Å². The second kappa shape index (κ2) is 6.50. The van der Waals surface area contributed by atoms with E-state index in [-0.39, 0.29) is 41.8 Å². The van der Waals surface area contributed by atoms with Crippen molar-refractivity contribution in [1.82, 2.24) is 0 Å². The zero-order chi connectivity index (χ0) is 19.3. The predicted octanol–water partition coefficient (Wildman–Crippen LogP) is 3.92. The molecule has 3 aliphatic carbocycles. The van der Waals surface area contributed by atoms with Crippen LogP contribution < -0.4 is 0 Å². The molecule has 26 heavy (non-hydrogen) atoms. The number of hydrogen-bond donors (Lipinski definition) is 2. The molecule has 0 heterocycles. The zero-order valence-corrected chi connectivity index (χ0v) is 16.0. The average Bonchev–Trinajstić information content (AvgIpc) is 2.79. The molecule has 0 saturated heterocycles. The Morgan fingerprint density at radius 1 is 1.12 bits per heavy atom. The lowest BCUT2D eigenvalue weighted by Gasteiger charge is -2.57. The highest BCUT2D eigenvalue weighted by atomic mass is 16.4. The molecule has 3 saturated carbocycles. The van der Waals surface area contributed by atoms with E-state index >= 15 is 0 Å². The van der Waals surface area contributed by atoms with Crippen molar-refractivity contribution in [2.75, 3.05) is 0 Å². The maximum absolute atomic E-state index is 12.6. The summed E-state index contributed by atoms with van der Waals surface area (Å²) in [6.07, 6.45) is 5.99. The van der Waals surface area contributed by atoms with Crippen LogP contribution in [0.5, 0.6) is 0 Å². The van der Waals surface area contributed by atoms with Crippen molar-refractivity contribution >= 4 is 17.7 Å². The molecule has 1 unspecified atom stereocenters. The molecule has 5 nitrogen and oxygen atoms in total. The van der Waals surface area contributed by atoms with Crippen molar-refractivity contribution in [3.8, 4) is 0 Å². The Bertz CT molecular complexity index is 665. The van der Waals surface area contributed by atoms with Crippen LogP contribution in [-0.4, -0.2) is 27.9 Å². The Kier molecular flexibility index (Phi) is 4.78. The minimum Gasteiger partial charge on any atom is -0.481 e. The standard InChI is InChI=1S/C21H30O5/c1-4-14-17(22)10-16-13-6-5-12(9-18(23)24)21(3,11-19(25)26)15(13)7-8-20(14,16)2/h4,12-13,15-16H,5-11H2,1-3H3,(H,23,24)(H,25,26)/b14-4+/t12?,13-,15+,16+,20-,21+/m1/s1. The number of hydrogen-bond acceptors (Lipinski definition) is 3. The topological polar surface area (TPSA) is 91.7 Å². The number of Topliss-reactive ketones (excluding diaryl/α,β-unsaturated/α-hetero) is 1. The first-order chi connectivity index (χ1) is 12.1. The van der Waals surface area contributed by atoms with Crippen molar-refractivity contribution in [3.63, 3.8) is 0 Å². The molecule has 0 aromatic heterocycles. The largest absolute Gasteiger partial charge is 0.481 e. The molecule has 5 heteroatoms. The molecule has 144 valence electrons. The van der Waals surface area contributed by atoms with Crippen LogP contribution in [0, 0.1) is 34.5 Å². The Morgan fingerprint density at radius 2 is 1.81 bits per heavy atom. The highest BCUT2D eigenvalue weighted by Gasteiger charge is 2.60. The third-order valence-corrected chi connectivity index (χ3v) is 8.02. The summed E-state index contributed by atoms with van der Waals surface area (Å²) in [5, 5.41) is 18.8. The molecule has 0 aromatic carbocycles. The molecule has 3 fully saturated rings. The Hall–Kier alpha value is -1.65. The highest BCUT2D eigenvalue weighted by molar-refractivity contribution is 5.99. The molecule has 0 bridgehead atoms. The number of fused-ring (bicyclic) bond motifs is 3. The minimum absolute atomic E-state index is 0.0139. The molecule has 3 aliphatic rings. The summed E-state index contributed by atoms with van der Waals surface area (Å²) in [5.74, 6) is -0.818. The van der Waals surface area contributed by atoms with Crippen LogP contribution in [0.4, 0.5) is 0 Å². The Morgan fingerprint density at radius 3 is 2.38 bits per heavy atom. The second-order valence-electron chi connectivity index (χ2n) is 9.11. The lowest BCUT2D eigenvalue weighted by Crippen LogP contribution is -2.52. The van der Waals surface area contributed by atoms with E-state index < -0.39 is 17.4 Å². The van der Waals surface area contributed by atoms with E-state index in [1.807, 2.05) is 19.9 Å². The van der Waals surface area contributed by atoms with Gasteiger partial charge in [-0.05, 0) is 72.7 Å². The second-order valence-corrected chi connectivity index (χ2v) is 9.11. The Labute approximate surface area is 154 Å². The summed E-state index contributed by atoms with van der Waals surface area (Å²) in [6, 6.07) is 0. The van der Waals surface area contributed by atoms with E-state index in [1.165, 1.54) is 0 Å². The number of carbonyl (C=O) groups excluding carboxylic acids is 1. The normalized spacial score (nSPS) is 43.8. The third-order valence-electron chi connectivity index (χ3n) is 8.02. The van der Waals surface area contributed by atoms with Gasteiger partial charge in [0, 0.05) is 12.8 Å². The van der Waals surface area contributed by atoms with Gasteiger partial charge in [-0.25, -0.2) is 0 Å². The molecule has 0 radical (unpaired) electrons. The predicted molar refractivity (Wildman–Crippen MR) is 96.5 cm³/mol. The zero-order valence-electron chi connectivity index (χ0n) is 16.0. The smallest absolute Gasteiger partial charge is 0.303 e. The number of carboxylic acid groups (broad SMARTS) is 2. The first-order valence-corrected chi connectivity index (χ1v) is 9.77. The molecule has 0 amide bonds. The molecule has 0 aromatic rings. The monoisotopic (exact) mass is 362 g/mol. The van der Waals surface area contributed by atoms with Crippen molar-refractivity contribution in [2.24, 2.45) is 34.5 Å². The van der Waals surface area contributed by atoms with Gasteiger partial charge in [0.1, 0.15) is 0 Å². The van der Waals surface area contributed by atoms with Gasteiger partial charge in [-0.15, -0.1) is 0 Å². The van der Waals surface area contributed by atoms with Crippen molar-refractivity contribution in [2.45, 2.75) is 65.7 Å². The van der Waals surface area contributed by atoms with Gasteiger partial charge in [-0.2, -0.15) is 0 Å². The number of allylic oxidation sites excluding steroid dienone is 2. The van der Waals surface area contributed by atoms with Gasteiger partial charge in [0.05, 0.1) is 6.42 Å². The summed E-state index contributed by atoms with van der Waals surface area (Å²) in [5.41, 5.74) is 0.334. The van der Waals surface area contributed by atoms with Gasteiger partial charge >= 0.3 is 11.9 Å². The number of ketones is 1. The molecule has 0 aliphatic heterocycles. The van der Waals surface area contributed by atoms with Crippen LogP contribution in [0.1, 0.15) is 65.7 Å². The first-order valence-electron chi connectivity index (χ1n) is 9.77. The summed E-state index contributed by atoms with van der Waals surface area (Å²) in [6.45, 7) is 6.12. The third kappa shape index (κ3) is 2.80. The Balaban J connectivity index is 1.96. The van der Waals surface area contributed by atoms with Crippen LogP contribution in [0.15, 0.2) is 11.6 Å². The fourth-order valence-corrected chi connectivity index (χ4v) is 6.83. The maximum Gasteiger partial charge on any atom is 0.303 e. The minimum atomic E-state index is -0.853. The SMILES string of the molecule is C/C=C1\C(=O)C[C@H]2[C@@H]3CCC(CC(=O)O)[C@](C)(CC(=O)O)[C@H]3CC[C@]12C. The van der Waals surface area contributed by atoms with E-state index in [4.69, 9.17) is 0 Å². The summed E-state index contributed by atoms with van der Waals surface area (Å²) >= 11 is 0. The van der Waals surface area contributed by atoms with E-state index in [1.54, 1.807) is 0 Å². The van der Waals surface area contributed by atoms with Gasteiger partial charge < -0.3 is 10.2 Å². The highest BCUT2D eigenvalue weighted by Crippen LogP contribution is 2.65. The lowest BCUT2D eigenvalue weighted by molar-refractivity contribution is -0.154. The van der Waals surface area contributed by atoms with Crippen LogP contribution >= 0.6 is 0 Å². The van der Waals surface area contributed by atoms with Crippen molar-refractivity contribution in [3.05, 3.63) is 11.6 Å². The maximum atomic E-state index is 12.6. The van der Waals surface area contributed by atoms with Crippen LogP contribution in [0.2, 0.25) is 0 Å². The fourth-order valence-electron chi connectivity index (χ4n) is 6.83. The van der Waals surface area contributed by atoms with Crippen LogP contribution in [0.3, 0.4) is 0 Å². The number of carbonyl (C=O) groups is 3. The van der Waals surface area contributed by atoms with E-state index in [0.717, 1.165) is 31.3 Å². The number of aliphatic carboxylic acids is 2. The van der Waals surface area contributed by atoms with Gasteiger partial charge in [-0.1, -0.05) is 19.9 Å². The summed E-state index contributed by atoms with van der Waals surface area (Å²) in [4.78, 5) is 35.5. The van der Waals surface area contributed by atoms with Gasteiger partial charge in [0.25, 0.3) is 0 Å². The quantitative estimate of drug-likeness (QED) is 0.740. The molecule has 3 rings (SSSR count). The summed E-state index contributed by atoms with van der Waals surface area (Å²) < 4.78 is 0. The van der Waals surface area contributed by atoms with E-state index in [9.17, 15) is 24.6 Å². The molecule has 0 spiro atoms. The lowest BCUT2D eigenvalue weighted by atomic mass is 9.46. The molecular formula is C21H30O5. The van der Waals surface area contributed by atoms with E-state index in [2.05, 4.69) is 6.92 Å². The van der Waals surface area contributed by atoms with Crippen LogP contribution in [-0.2, 0) is 14.4 Å². The molecule has 2 N–H and O–H groups in total. The number of carboxylic acids is 2. The molecule has 6 atom stereocenters. The van der Waals surface area contributed by atoms with Gasteiger partial charge in [0.15, 0.2) is 5.78 Å². The van der Waals surface area contributed by atoms with Crippen LogP contribution in [0.25, 0.3) is 0 Å². The average molecular weight is 362 g/mol. The first kappa shape index (κ1) is 19.1. The van der Waals surface area contributed by atoms with Crippen molar-refractivity contribution < 1.29 is 24.6 Å². The summed E-state index contributed by atoms with van der Waals surface area (Å²) in [7, 11) is 0. The van der Waals surface area contributed by atoms with Gasteiger partial charge in [0.2, 0.25) is 0 Å². The number of rotatable bonds is 4. The fraction of sp³-hybridized carbons (Fsp3) is 0.762. The van der Waals surface area contributed by atoms with Crippen molar-refractivity contribution in [1.29, 1.82) is 0 Å². The van der Waals surface area contributed by atoms with Gasteiger partial charge in [-0.3, -0.25) is 14.4 Å².